The fraction of sp³-hybridized carbons (Fsp3) is 0.538. The smallest absolute Gasteiger partial charge is 0.0406 e. The SMILES string of the molecule is CN1CCC(N)(CCc2ccc(Cl)cc2)C1. The van der Waals surface area contributed by atoms with E-state index in [4.69, 9.17) is 17.3 Å². The van der Waals surface area contributed by atoms with E-state index in [0.717, 1.165) is 37.4 Å². The maximum atomic E-state index is 6.36. The molecule has 1 heterocycles. The summed E-state index contributed by atoms with van der Waals surface area (Å²) >= 11 is 5.85. The summed E-state index contributed by atoms with van der Waals surface area (Å²) in [4.78, 5) is 2.31. The topological polar surface area (TPSA) is 29.3 Å². The van der Waals surface area contributed by atoms with Gasteiger partial charge in [-0.3, -0.25) is 0 Å². The molecule has 1 aromatic carbocycles. The van der Waals surface area contributed by atoms with E-state index in [1.807, 2.05) is 12.1 Å². The number of nitrogens with zero attached hydrogens (tertiary/aromatic N) is 1. The number of rotatable bonds is 3. The average molecular weight is 239 g/mol. The molecule has 0 bridgehead atoms. The molecule has 2 N–H and O–H groups in total. The number of aryl methyl sites for hydroxylation is 1. The van der Waals surface area contributed by atoms with Crippen molar-refractivity contribution in [3.63, 3.8) is 0 Å². The van der Waals surface area contributed by atoms with Gasteiger partial charge in [-0.05, 0) is 50.6 Å². The van der Waals surface area contributed by atoms with Crippen molar-refractivity contribution in [2.75, 3.05) is 20.1 Å². The Morgan fingerprint density at radius 2 is 2.06 bits per heavy atom. The minimum Gasteiger partial charge on any atom is -0.324 e. The van der Waals surface area contributed by atoms with E-state index in [1.54, 1.807) is 0 Å². The number of hydrogen-bond donors (Lipinski definition) is 1. The van der Waals surface area contributed by atoms with Crippen LogP contribution in [0.4, 0.5) is 0 Å². The highest BCUT2D eigenvalue weighted by atomic mass is 35.5. The van der Waals surface area contributed by atoms with E-state index in [0.29, 0.717) is 0 Å². The molecule has 1 saturated heterocycles. The molecule has 0 aliphatic carbocycles. The molecule has 2 nitrogen and oxygen atoms in total. The van der Waals surface area contributed by atoms with Crippen molar-refractivity contribution >= 4 is 11.6 Å². The maximum absolute atomic E-state index is 6.36. The van der Waals surface area contributed by atoms with Gasteiger partial charge in [-0.25, -0.2) is 0 Å². The highest BCUT2D eigenvalue weighted by Gasteiger charge is 2.31. The van der Waals surface area contributed by atoms with Gasteiger partial charge in [0.2, 0.25) is 0 Å². The van der Waals surface area contributed by atoms with Crippen LogP contribution in [0.25, 0.3) is 0 Å². The molecule has 2 rings (SSSR count). The Labute approximate surface area is 102 Å². The van der Waals surface area contributed by atoms with Crippen LogP contribution in [0.2, 0.25) is 5.02 Å². The van der Waals surface area contributed by atoms with Gasteiger partial charge in [0.25, 0.3) is 0 Å². The molecule has 88 valence electrons. The summed E-state index contributed by atoms with van der Waals surface area (Å²) in [7, 11) is 2.14. The predicted octanol–water partition coefficient (Wildman–Crippen LogP) is 2.31. The number of hydrogen-bond acceptors (Lipinski definition) is 2. The molecule has 0 amide bonds. The second kappa shape index (κ2) is 4.74. The molecule has 1 aliphatic rings. The minimum atomic E-state index is 0.00832. The van der Waals surface area contributed by atoms with Crippen molar-refractivity contribution in [1.29, 1.82) is 0 Å². The van der Waals surface area contributed by atoms with Crippen LogP contribution < -0.4 is 5.73 Å². The Balaban J connectivity index is 1.90. The van der Waals surface area contributed by atoms with Crippen molar-refractivity contribution in [2.24, 2.45) is 5.73 Å². The Hall–Kier alpha value is -0.570. The third kappa shape index (κ3) is 2.97. The summed E-state index contributed by atoms with van der Waals surface area (Å²) in [5.41, 5.74) is 7.69. The summed E-state index contributed by atoms with van der Waals surface area (Å²) < 4.78 is 0. The van der Waals surface area contributed by atoms with E-state index in [1.165, 1.54) is 5.56 Å². The molecular formula is C13H19ClN2. The van der Waals surface area contributed by atoms with Crippen LogP contribution in [-0.2, 0) is 6.42 Å². The lowest BCUT2D eigenvalue weighted by atomic mass is 9.91. The number of halogens is 1. The van der Waals surface area contributed by atoms with Crippen molar-refractivity contribution in [1.82, 2.24) is 4.90 Å². The first-order valence-corrected chi connectivity index (χ1v) is 6.17. The lowest BCUT2D eigenvalue weighted by molar-refractivity contribution is 0.354. The highest BCUT2D eigenvalue weighted by Crippen LogP contribution is 2.23. The predicted molar refractivity (Wildman–Crippen MR) is 68.8 cm³/mol. The molecule has 0 saturated carbocycles. The van der Waals surface area contributed by atoms with E-state index >= 15 is 0 Å². The van der Waals surface area contributed by atoms with Crippen molar-refractivity contribution in [3.8, 4) is 0 Å². The summed E-state index contributed by atoms with van der Waals surface area (Å²) in [6.07, 6.45) is 3.21. The largest absolute Gasteiger partial charge is 0.324 e. The normalized spacial score (nSPS) is 26.2. The summed E-state index contributed by atoms with van der Waals surface area (Å²) in [6, 6.07) is 8.07. The zero-order chi connectivity index (χ0) is 11.6. The zero-order valence-electron chi connectivity index (χ0n) is 9.75. The Bertz CT molecular complexity index is 349. The molecule has 1 fully saturated rings. The second-order valence-electron chi connectivity index (χ2n) is 4.98. The highest BCUT2D eigenvalue weighted by molar-refractivity contribution is 6.30. The van der Waals surface area contributed by atoms with Crippen LogP contribution in [0.5, 0.6) is 0 Å². The van der Waals surface area contributed by atoms with Crippen LogP contribution >= 0.6 is 11.6 Å². The first-order valence-electron chi connectivity index (χ1n) is 5.79. The third-order valence-electron chi connectivity index (χ3n) is 3.40. The molecule has 1 aliphatic heterocycles. The van der Waals surface area contributed by atoms with Gasteiger partial charge < -0.3 is 10.6 Å². The van der Waals surface area contributed by atoms with Crippen molar-refractivity contribution in [3.05, 3.63) is 34.9 Å². The second-order valence-corrected chi connectivity index (χ2v) is 5.41. The lowest BCUT2D eigenvalue weighted by Gasteiger charge is -2.23. The van der Waals surface area contributed by atoms with Gasteiger partial charge >= 0.3 is 0 Å². The summed E-state index contributed by atoms with van der Waals surface area (Å²) in [5.74, 6) is 0. The van der Waals surface area contributed by atoms with E-state index < -0.39 is 0 Å². The van der Waals surface area contributed by atoms with Crippen molar-refractivity contribution < 1.29 is 0 Å². The van der Waals surface area contributed by atoms with E-state index in [9.17, 15) is 0 Å². The molecule has 1 unspecified atom stereocenters. The van der Waals surface area contributed by atoms with Gasteiger partial charge in [-0.2, -0.15) is 0 Å². The molecule has 0 spiro atoms. The Morgan fingerprint density at radius 3 is 2.62 bits per heavy atom. The van der Waals surface area contributed by atoms with Gasteiger partial charge in [0.15, 0.2) is 0 Å². The number of likely N-dealkylation sites (tertiary alicyclic amines) is 1. The number of nitrogens with two attached hydrogens (primary N) is 1. The molecule has 1 atom stereocenters. The van der Waals surface area contributed by atoms with Crippen LogP contribution in [0.15, 0.2) is 24.3 Å². The average Bonchev–Trinajstić information content (AvgIpc) is 2.59. The molecule has 0 aromatic heterocycles. The first kappa shape index (κ1) is 11.9. The fourth-order valence-electron chi connectivity index (χ4n) is 2.36. The van der Waals surface area contributed by atoms with Crippen molar-refractivity contribution in [2.45, 2.75) is 24.8 Å². The third-order valence-corrected chi connectivity index (χ3v) is 3.65. The fourth-order valence-corrected chi connectivity index (χ4v) is 2.48. The Morgan fingerprint density at radius 1 is 1.38 bits per heavy atom. The van der Waals surface area contributed by atoms with Crippen LogP contribution in [0, 0.1) is 0 Å². The van der Waals surface area contributed by atoms with Gasteiger partial charge in [0, 0.05) is 17.1 Å². The monoisotopic (exact) mass is 238 g/mol. The number of benzene rings is 1. The molecule has 3 heteroatoms. The van der Waals surface area contributed by atoms with Gasteiger partial charge in [-0.1, -0.05) is 23.7 Å². The lowest BCUT2D eigenvalue weighted by Crippen LogP contribution is -2.42. The molecular weight excluding hydrogens is 220 g/mol. The number of likely N-dealkylation sites (N-methyl/N-ethyl adjacent to an activating group) is 1. The van der Waals surface area contributed by atoms with E-state index in [2.05, 4.69) is 24.1 Å². The van der Waals surface area contributed by atoms with Gasteiger partial charge in [0.05, 0.1) is 0 Å². The standard InChI is InChI=1S/C13H19ClN2/c1-16-9-8-13(15,10-16)7-6-11-2-4-12(14)5-3-11/h2-5H,6-10,15H2,1H3. The molecule has 16 heavy (non-hydrogen) atoms. The van der Waals surface area contributed by atoms with Gasteiger partial charge in [-0.15, -0.1) is 0 Å². The van der Waals surface area contributed by atoms with Crippen LogP contribution in [-0.4, -0.2) is 30.6 Å². The summed E-state index contributed by atoms with van der Waals surface area (Å²) in [6.45, 7) is 2.14. The van der Waals surface area contributed by atoms with Crippen LogP contribution in [0.1, 0.15) is 18.4 Å². The first-order chi connectivity index (χ1) is 7.57. The Kier molecular flexibility index (Phi) is 3.53. The minimum absolute atomic E-state index is 0.00832. The van der Waals surface area contributed by atoms with Gasteiger partial charge in [0.1, 0.15) is 0 Å². The van der Waals surface area contributed by atoms with Crippen LogP contribution in [0.3, 0.4) is 0 Å². The quantitative estimate of drug-likeness (QED) is 0.876. The zero-order valence-corrected chi connectivity index (χ0v) is 10.5. The summed E-state index contributed by atoms with van der Waals surface area (Å²) in [5, 5.41) is 0.798. The molecule has 1 aromatic rings. The molecule has 0 radical (unpaired) electrons. The van der Waals surface area contributed by atoms with E-state index in [-0.39, 0.29) is 5.54 Å². The maximum Gasteiger partial charge on any atom is 0.0406 e.